The van der Waals surface area contributed by atoms with E-state index in [0.29, 0.717) is 16.6 Å². The number of thioether (sulfide) groups is 1. The minimum atomic E-state index is -0.130. The third-order valence-corrected chi connectivity index (χ3v) is 5.45. The van der Waals surface area contributed by atoms with Gasteiger partial charge in [-0.05, 0) is 48.2 Å². The highest BCUT2D eigenvalue weighted by atomic mass is 32.2. The summed E-state index contributed by atoms with van der Waals surface area (Å²) in [6, 6.07) is 15.2. The molecule has 0 bridgehead atoms. The van der Waals surface area contributed by atoms with E-state index in [9.17, 15) is 4.79 Å². The first-order valence-corrected chi connectivity index (χ1v) is 9.97. The van der Waals surface area contributed by atoms with Crippen LogP contribution in [0.15, 0.2) is 53.7 Å². The van der Waals surface area contributed by atoms with E-state index in [1.165, 1.54) is 11.8 Å². The third-order valence-electron chi connectivity index (χ3n) is 4.52. The fraction of sp³-hybridized carbons (Fsp3) is 0.190. The predicted molar refractivity (Wildman–Crippen MR) is 114 cm³/mol. The third kappa shape index (κ3) is 3.84. The Balaban J connectivity index is 1.60. The number of carbonyl (C=O) groups excluding carboxylic acids is 1. The Kier molecular flexibility index (Phi) is 5.26. The molecule has 0 aliphatic heterocycles. The molecule has 0 unspecified atom stereocenters. The van der Waals surface area contributed by atoms with Crippen molar-refractivity contribution in [2.24, 2.45) is 0 Å². The lowest BCUT2D eigenvalue weighted by molar-refractivity contribution is -0.113. The molecule has 2 aromatic carbocycles. The van der Waals surface area contributed by atoms with Crippen molar-refractivity contribution < 1.29 is 14.3 Å². The second-order valence-corrected chi connectivity index (χ2v) is 7.40. The molecule has 0 radical (unpaired) electrons. The standard InChI is InChI=1S/C21H20N4O3S/c1-13-9-14-7-8-17(28-3)11-18(14)25-20(13)23-24-21(25)29-12-19(26)22-15-5-4-6-16(10-15)27-2/h4-11H,12H2,1-3H3,(H,22,26). The van der Waals surface area contributed by atoms with Crippen molar-refractivity contribution in [2.75, 3.05) is 25.3 Å². The molecule has 7 nitrogen and oxygen atoms in total. The van der Waals surface area contributed by atoms with Crippen molar-refractivity contribution >= 4 is 39.9 Å². The molecular formula is C21H20N4O3S. The molecule has 0 saturated heterocycles. The maximum atomic E-state index is 12.4. The van der Waals surface area contributed by atoms with Crippen molar-refractivity contribution in [3.05, 3.63) is 54.1 Å². The topological polar surface area (TPSA) is 77.8 Å². The molecule has 1 amide bonds. The van der Waals surface area contributed by atoms with Crippen molar-refractivity contribution in [1.29, 1.82) is 0 Å². The maximum absolute atomic E-state index is 12.4. The van der Waals surface area contributed by atoms with Gasteiger partial charge < -0.3 is 14.8 Å². The number of hydrogen-bond donors (Lipinski definition) is 1. The number of aryl methyl sites for hydroxylation is 1. The first-order chi connectivity index (χ1) is 14.1. The Morgan fingerprint density at radius 3 is 2.66 bits per heavy atom. The molecule has 29 heavy (non-hydrogen) atoms. The second-order valence-electron chi connectivity index (χ2n) is 6.46. The molecule has 0 spiro atoms. The van der Waals surface area contributed by atoms with Crippen molar-refractivity contribution in [1.82, 2.24) is 14.6 Å². The molecule has 0 saturated carbocycles. The van der Waals surface area contributed by atoms with Crippen molar-refractivity contribution in [2.45, 2.75) is 12.1 Å². The lowest BCUT2D eigenvalue weighted by Gasteiger charge is -2.09. The predicted octanol–water partition coefficient (Wildman–Crippen LogP) is 3.94. The summed E-state index contributed by atoms with van der Waals surface area (Å²) in [5.41, 5.74) is 3.40. The van der Waals surface area contributed by atoms with Gasteiger partial charge in [0, 0.05) is 17.8 Å². The Morgan fingerprint density at radius 1 is 1.07 bits per heavy atom. The highest BCUT2D eigenvalue weighted by Gasteiger charge is 2.14. The normalized spacial score (nSPS) is 11.0. The number of benzene rings is 2. The average molecular weight is 408 g/mol. The molecule has 148 valence electrons. The van der Waals surface area contributed by atoms with Crippen LogP contribution in [0, 0.1) is 6.92 Å². The van der Waals surface area contributed by atoms with Gasteiger partial charge in [-0.25, -0.2) is 0 Å². The summed E-state index contributed by atoms with van der Waals surface area (Å²) in [6.07, 6.45) is 0. The van der Waals surface area contributed by atoms with Gasteiger partial charge in [-0.15, -0.1) is 10.2 Å². The smallest absolute Gasteiger partial charge is 0.234 e. The molecule has 4 rings (SSSR count). The quantitative estimate of drug-likeness (QED) is 0.487. The number of anilines is 1. The van der Waals surface area contributed by atoms with Gasteiger partial charge in [0.15, 0.2) is 10.8 Å². The SMILES string of the molecule is COc1cccc(NC(=O)CSc2nnc3c(C)cc4ccc(OC)cc4n23)c1. The van der Waals surface area contributed by atoms with E-state index in [1.54, 1.807) is 20.3 Å². The minimum Gasteiger partial charge on any atom is -0.497 e. The number of nitrogens with zero attached hydrogens (tertiary/aromatic N) is 3. The molecule has 4 aromatic rings. The highest BCUT2D eigenvalue weighted by molar-refractivity contribution is 7.99. The molecule has 0 aliphatic rings. The van der Waals surface area contributed by atoms with Crippen LogP contribution >= 0.6 is 11.8 Å². The first kappa shape index (κ1) is 19.1. The van der Waals surface area contributed by atoms with Gasteiger partial charge >= 0.3 is 0 Å². The van der Waals surface area contributed by atoms with Gasteiger partial charge in [-0.3, -0.25) is 9.20 Å². The van der Waals surface area contributed by atoms with Crippen LogP contribution in [0.25, 0.3) is 16.6 Å². The van der Waals surface area contributed by atoms with Crippen molar-refractivity contribution in [3.8, 4) is 11.5 Å². The van der Waals surface area contributed by atoms with Crippen LogP contribution in [0.5, 0.6) is 11.5 Å². The summed E-state index contributed by atoms with van der Waals surface area (Å²) in [6.45, 7) is 2.00. The number of ether oxygens (including phenoxy) is 2. The van der Waals surface area contributed by atoms with E-state index in [2.05, 4.69) is 21.6 Å². The van der Waals surface area contributed by atoms with Crippen LogP contribution in [0.4, 0.5) is 5.69 Å². The molecule has 0 aliphatic carbocycles. The van der Waals surface area contributed by atoms with Crippen LogP contribution in [0.3, 0.4) is 0 Å². The largest absolute Gasteiger partial charge is 0.497 e. The molecular weight excluding hydrogens is 388 g/mol. The first-order valence-electron chi connectivity index (χ1n) is 8.98. The van der Waals surface area contributed by atoms with Crippen LogP contribution < -0.4 is 14.8 Å². The van der Waals surface area contributed by atoms with Crippen LogP contribution in [-0.2, 0) is 4.79 Å². The van der Waals surface area contributed by atoms with E-state index in [0.717, 1.165) is 27.9 Å². The Labute approximate surface area is 172 Å². The number of rotatable bonds is 6. The van der Waals surface area contributed by atoms with E-state index in [4.69, 9.17) is 9.47 Å². The molecule has 8 heteroatoms. The van der Waals surface area contributed by atoms with Gasteiger partial charge in [-0.1, -0.05) is 17.8 Å². The van der Waals surface area contributed by atoms with Crippen molar-refractivity contribution in [3.63, 3.8) is 0 Å². The number of nitrogens with one attached hydrogen (secondary N) is 1. The number of amides is 1. The number of pyridine rings is 1. The Hall–Kier alpha value is -3.26. The maximum Gasteiger partial charge on any atom is 0.234 e. The molecule has 2 heterocycles. The molecule has 0 atom stereocenters. The summed E-state index contributed by atoms with van der Waals surface area (Å²) in [7, 11) is 3.23. The van der Waals surface area contributed by atoms with Crippen LogP contribution in [0.2, 0.25) is 0 Å². The second kappa shape index (κ2) is 8.00. The van der Waals surface area contributed by atoms with E-state index in [-0.39, 0.29) is 11.7 Å². The fourth-order valence-corrected chi connectivity index (χ4v) is 3.87. The lowest BCUT2D eigenvalue weighted by atomic mass is 10.1. The summed E-state index contributed by atoms with van der Waals surface area (Å²) < 4.78 is 12.5. The molecule has 1 N–H and O–H groups in total. The highest BCUT2D eigenvalue weighted by Crippen LogP contribution is 2.28. The molecule has 0 fully saturated rings. The van der Waals surface area contributed by atoms with Gasteiger partial charge in [0.25, 0.3) is 0 Å². The Bertz CT molecular complexity index is 1210. The number of hydrogen-bond acceptors (Lipinski definition) is 6. The summed E-state index contributed by atoms with van der Waals surface area (Å²) in [4.78, 5) is 12.4. The number of fused-ring (bicyclic) bond motifs is 3. The Morgan fingerprint density at radius 2 is 1.86 bits per heavy atom. The van der Waals surface area contributed by atoms with Gasteiger partial charge in [0.2, 0.25) is 5.91 Å². The lowest BCUT2D eigenvalue weighted by Crippen LogP contribution is -2.14. The van der Waals surface area contributed by atoms with E-state index in [1.807, 2.05) is 47.7 Å². The number of carbonyl (C=O) groups is 1. The fourth-order valence-electron chi connectivity index (χ4n) is 3.13. The summed E-state index contributed by atoms with van der Waals surface area (Å²) >= 11 is 1.34. The number of aromatic nitrogens is 3. The van der Waals surface area contributed by atoms with Gasteiger partial charge in [0.05, 0.1) is 25.5 Å². The zero-order valence-corrected chi connectivity index (χ0v) is 17.1. The van der Waals surface area contributed by atoms with Gasteiger partial charge in [0.1, 0.15) is 11.5 Å². The zero-order chi connectivity index (χ0) is 20.4. The van der Waals surface area contributed by atoms with Gasteiger partial charge in [-0.2, -0.15) is 0 Å². The van der Waals surface area contributed by atoms with E-state index >= 15 is 0 Å². The average Bonchev–Trinajstić information content (AvgIpc) is 3.17. The van der Waals surface area contributed by atoms with Crippen LogP contribution in [0.1, 0.15) is 5.56 Å². The summed E-state index contributed by atoms with van der Waals surface area (Å²) in [5, 5.41) is 13.2. The number of methoxy groups -OCH3 is 2. The minimum absolute atomic E-state index is 0.130. The monoisotopic (exact) mass is 408 g/mol. The zero-order valence-electron chi connectivity index (χ0n) is 16.3. The van der Waals surface area contributed by atoms with E-state index < -0.39 is 0 Å². The summed E-state index contributed by atoms with van der Waals surface area (Å²) in [5.74, 6) is 1.52. The van der Waals surface area contributed by atoms with Crippen LogP contribution in [-0.4, -0.2) is 40.5 Å². The molecule has 2 aromatic heterocycles.